The Bertz CT molecular complexity index is 1130. The summed E-state index contributed by atoms with van der Waals surface area (Å²) in [6.45, 7) is 16.6. The normalized spacial score (nSPS) is 21.3. The minimum atomic E-state index is -0.386. The number of nitrogens with zero attached hydrogens (tertiary/aromatic N) is 1. The van der Waals surface area contributed by atoms with Crippen molar-refractivity contribution < 1.29 is 18.6 Å². The van der Waals surface area contributed by atoms with Crippen molar-refractivity contribution in [1.82, 2.24) is 0 Å². The standard InChI is InChI=1S/C30H37B2NO4/c1-27(2)28(3,4)35-31(34-27)22-14-18-25(19-15-22)33(24-12-10-9-11-13-24)26-20-16-23(17-21-26)32-36-29(5,6)30(7,8)37-32/h9-21H,1-8H3. The van der Waals surface area contributed by atoms with Crippen LogP contribution in [-0.4, -0.2) is 36.6 Å². The lowest BCUT2D eigenvalue weighted by molar-refractivity contribution is 0.00578. The molecule has 0 bridgehead atoms. The summed E-state index contributed by atoms with van der Waals surface area (Å²) < 4.78 is 25.0. The monoisotopic (exact) mass is 497 g/mol. The summed E-state index contributed by atoms with van der Waals surface area (Å²) in [6.07, 6.45) is 0. The molecule has 0 aromatic heterocycles. The van der Waals surface area contributed by atoms with Gasteiger partial charge in [-0.15, -0.1) is 0 Å². The topological polar surface area (TPSA) is 40.2 Å². The summed E-state index contributed by atoms with van der Waals surface area (Å²) in [6, 6.07) is 27.2. The van der Waals surface area contributed by atoms with Gasteiger partial charge in [0, 0.05) is 17.1 Å². The summed E-state index contributed by atoms with van der Waals surface area (Å²) in [5.74, 6) is 0. The molecule has 2 heterocycles. The second kappa shape index (κ2) is 9.02. The zero-order valence-corrected chi connectivity index (χ0v) is 23.2. The second-order valence-electron chi connectivity index (χ2n) is 12.0. The van der Waals surface area contributed by atoms with Crippen LogP contribution in [0, 0.1) is 0 Å². The van der Waals surface area contributed by atoms with Crippen molar-refractivity contribution in [1.29, 1.82) is 0 Å². The van der Waals surface area contributed by atoms with Crippen LogP contribution < -0.4 is 15.8 Å². The average Bonchev–Trinajstić information content (AvgIpc) is 3.20. The fraction of sp³-hybridized carbons (Fsp3) is 0.400. The Morgan fingerprint density at radius 1 is 0.432 bits per heavy atom. The van der Waals surface area contributed by atoms with E-state index in [0.29, 0.717) is 0 Å². The number of para-hydroxylation sites is 1. The molecule has 5 rings (SSSR count). The van der Waals surface area contributed by atoms with Crippen LogP contribution in [0.3, 0.4) is 0 Å². The fourth-order valence-electron chi connectivity index (χ4n) is 4.54. The molecule has 0 radical (unpaired) electrons. The molecular weight excluding hydrogens is 460 g/mol. The Balaban J connectivity index is 1.43. The van der Waals surface area contributed by atoms with E-state index in [1.807, 2.05) is 6.07 Å². The van der Waals surface area contributed by atoms with Crippen molar-refractivity contribution in [3.05, 3.63) is 78.9 Å². The third-order valence-electron chi connectivity index (χ3n) is 8.37. The Morgan fingerprint density at radius 2 is 0.730 bits per heavy atom. The maximum Gasteiger partial charge on any atom is 0.494 e. The summed E-state index contributed by atoms with van der Waals surface area (Å²) in [5.41, 5.74) is 3.71. The van der Waals surface area contributed by atoms with Gasteiger partial charge in [0.25, 0.3) is 0 Å². The van der Waals surface area contributed by atoms with Crippen LogP contribution in [0.4, 0.5) is 17.1 Å². The fourth-order valence-corrected chi connectivity index (χ4v) is 4.54. The number of hydrogen-bond acceptors (Lipinski definition) is 5. The quantitative estimate of drug-likeness (QED) is 0.420. The van der Waals surface area contributed by atoms with Crippen molar-refractivity contribution >= 4 is 42.2 Å². The maximum atomic E-state index is 6.25. The van der Waals surface area contributed by atoms with E-state index in [2.05, 4.69) is 133 Å². The molecule has 3 aromatic carbocycles. The van der Waals surface area contributed by atoms with E-state index in [1.54, 1.807) is 0 Å². The maximum absolute atomic E-state index is 6.25. The lowest BCUT2D eigenvalue weighted by atomic mass is 9.79. The van der Waals surface area contributed by atoms with E-state index in [9.17, 15) is 0 Å². The molecule has 0 aliphatic carbocycles. The Kier molecular flexibility index (Phi) is 6.35. The van der Waals surface area contributed by atoms with Gasteiger partial charge < -0.3 is 23.5 Å². The number of hydrogen-bond donors (Lipinski definition) is 0. The largest absolute Gasteiger partial charge is 0.494 e. The second-order valence-corrected chi connectivity index (χ2v) is 12.0. The van der Waals surface area contributed by atoms with Crippen LogP contribution in [0.15, 0.2) is 78.9 Å². The van der Waals surface area contributed by atoms with Crippen LogP contribution in [0.25, 0.3) is 0 Å². The molecule has 2 aliphatic heterocycles. The van der Waals surface area contributed by atoms with E-state index < -0.39 is 0 Å². The van der Waals surface area contributed by atoms with Crippen molar-refractivity contribution in [3.8, 4) is 0 Å². The van der Waals surface area contributed by atoms with Crippen LogP contribution in [0.1, 0.15) is 55.4 Å². The van der Waals surface area contributed by atoms with E-state index >= 15 is 0 Å². The zero-order valence-electron chi connectivity index (χ0n) is 23.2. The predicted molar refractivity (Wildman–Crippen MR) is 153 cm³/mol. The summed E-state index contributed by atoms with van der Waals surface area (Å²) >= 11 is 0. The van der Waals surface area contributed by atoms with Crippen LogP contribution in [0.2, 0.25) is 0 Å². The van der Waals surface area contributed by atoms with Crippen LogP contribution in [0.5, 0.6) is 0 Å². The third-order valence-corrected chi connectivity index (χ3v) is 8.37. The molecule has 0 amide bonds. The van der Waals surface area contributed by atoms with Gasteiger partial charge in [0.1, 0.15) is 0 Å². The van der Waals surface area contributed by atoms with Gasteiger partial charge in [-0.05, 0) is 103 Å². The molecule has 0 saturated carbocycles. The van der Waals surface area contributed by atoms with Crippen LogP contribution in [-0.2, 0) is 18.6 Å². The molecule has 192 valence electrons. The van der Waals surface area contributed by atoms with Gasteiger partial charge in [0.05, 0.1) is 22.4 Å². The highest BCUT2D eigenvalue weighted by Crippen LogP contribution is 2.39. The van der Waals surface area contributed by atoms with Crippen molar-refractivity contribution in [2.45, 2.75) is 77.8 Å². The van der Waals surface area contributed by atoms with E-state index in [1.165, 1.54) is 0 Å². The first-order chi connectivity index (χ1) is 17.3. The van der Waals surface area contributed by atoms with Crippen LogP contribution >= 0.6 is 0 Å². The highest BCUT2D eigenvalue weighted by molar-refractivity contribution is 6.62. The van der Waals surface area contributed by atoms with Gasteiger partial charge in [0.2, 0.25) is 0 Å². The third kappa shape index (κ3) is 4.74. The summed E-state index contributed by atoms with van der Waals surface area (Å²) in [7, 11) is -0.771. The molecule has 7 heteroatoms. The molecule has 37 heavy (non-hydrogen) atoms. The molecule has 2 saturated heterocycles. The first-order valence-electron chi connectivity index (χ1n) is 13.1. The Morgan fingerprint density at radius 3 is 1.05 bits per heavy atom. The molecule has 2 aliphatic rings. The van der Waals surface area contributed by atoms with E-state index in [0.717, 1.165) is 28.0 Å². The first kappa shape index (κ1) is 26.1. The lowest BCUT2D eigenvalue weighted by Crippen LogP contribution is -2.41. The van der Waals surface area contributed by atoms with Gasteiger partial charge in [-0.1, -0.05) is 42.5 Å². The van der Waals surface area contributed by atoms with Crippen molar-refractivity contribution in [2.24, 2.45) is 0 Å². The molecule has 3 aromatic rings. The SMILES string of the molecule is CC1(C)OB(c2ccc(N(c3ccccc3)c3ccc(B4OC(C)(C)C(C)(C)O4)cc3)cc2)OC1(C)C. The molecule has 2 fully saturated rings. The molecular formula is C30H37B2NO4. The Labute approximate surface area is 222 Å². The lowest BCUT2D eigenvalue weighted by Gasteiger charge is -2.32. The van der Waals surface area contributed by atoms with Gasteiger partial charge in [-0.25, -0.2) is 0 Å². The number of benzene rings is 3. The number of anilines is 3. The van der Waals surface area contributed by atoms with E-state index in [-0.39, 0.29) is 36.6 Å². The smallest absolute Gasteiger partial charge is 0.399 e. The average molecular weight is 497 g/mol. The van der Waals surface area contributed by atoms with Crippen molar-refractivity contribution in [2.75, 3.05) is 4.90 Å². The van der Waals surface area contributed by atoms with E-state index in [4.69, 9.17) is 18.6 Å². The first-order valence-corrected chi connectivity index (χ1v) is 13.1. The van der Waals surface area contributed by atoms with Gasteiger partial charge in [-0.3, -0.25) is 0 Å². The minimum Gasteiger partial charge on any atom is -0.399 e. The van der Waals surface area contributed by atoms with Gasteiger partial charge >= 0.3 is 14.2 Å². The summed E-state index contributed by atoms with van der Waals surface area (Å²) in [5, 5.41) is 0. The molecule has 5 nitrogen and oxygen atoms in total. The molecule has 0 N–H and O–H groups in total. The molecule has 0 atom stereocenters. The Hall–Kier alpha value is -2.57. The van der Waals surface area contributed by atoms with Gasteiger partial charge in [-0.2, -0.15) is 0 Å². The predicted octanol–water partition coefficient (Wildman–Crippen LogP) is 5.75. The summed E-state index contributed by atoms with van der Waals surface area (Å²) in [4.78, 5) is 2.24. The van der Waals surface area contributed by atoms with Crippen molar-refractivity contribution in [3.63, 3.8) is 0 Å². The zero-order chi connectivity index (χ0) is 26.6. The highest BCUT2D eigenvalue weighted by Gasteiger charge is 2.52. The minimum absolute atomic E-state index is 0.370. The van der Waals surface area contributed by atoms with Gasteiger partial charge in [0.15, 0.2) is 0 Å². The molecule has 0 spiro atoms. The molecule has 0 unspecified atom stereocenters. The highest BCUT2D eigenvalue weighted by atomic mass is 16.7. The number of rotatable bonds is 5.